The lowest BCUT2D eigenvalue weighted by atomic mass is 10.1. The zero-order valence-corrected chi connectivity index (χ0v) is 16.8. The third-order valence-electron chi connectivity index (χ3n) is 4.06. The SMILES string of the molecule is CCOC(=O)Cc1csc(NC(=O)C(C)(C)Oc2cccc3ccccc23)n1. The van der Waals surface area contributed by atoms with E-state index in [1.807, 2.05) is 42.5 Å². The second kappa shape index (κ2) is 8.39. The Balaban J connectivity index is 1.69. The number of ether oxygens (including phenoxy) is 2. The molecule has 146 valence electrons. The monoisotopic (exact) mass is 398 g/mol. The normalized spacial score (nSPS) is 11.2. The molecule has 0 fully saturated rings. The second-order valence-corrected chi connectivity index (χ2v) is 7.53. The van der Waals surface area contributed by atoms with Crippen LogP contribution in [0, 0.1) is 0 Å². The summed E-state index contributed by atoms with van der Waals surface area (Å²) in [5.74, 6) is -0.0249. The van der Waals surface area contributed by atoms with Gasteiger partial charge in [-0.3, -0.25) is 14.9 Å². The quantitative estimate of drug-likeness (QED) is 0.604. The molecule has 1 N–H and O–H groups in total. The van der Waals surface area contributed by atoms with E-state index in [-0.39, 0.29) is 18.3 Å². The largest absolute Gasteiger partial charge is 0.477 e. The van der Waals surface area contributed by atoms with Crippen molar-refractivity contribution in [3.05, 3.63) is 53.5 Å². The van der Waals surface area contributed by atoms with Crippen LogP contribution >= 0.6 is 11.3 Å². The summed E-state index contributed by atoms with van der Waals surface area (Å²) in [4.78, 5) is 28.6. The van der Waals surface area contributed by atoms with Gasteiger partial charge >= 0.3 is 5.97 Å². The lowest BCUT2D eigenvalue weighted by Gasteiger charge is -2.25. The summed E-state index contributed by atoms with van der Waals surface area (Å²) in [6.45, 7) is 5.49. The van der Waals surface area contributed by atoms with Crippen molar-refractivity contribution < 1.29 is 19.1 Å². The van der Waals surface area contributed by atoms with E-state index >= 15 is 0 Å². The standard InChI is InChI=1S/C21H22N2O4S/c1-4-26-18(24)12-15-13-28-20(22-15)23-19(25)21(2,3)27-17-11-7-9-14-8-5-6-10-16(14)17/h5-11,13H,4,12H2,1-3H3,(H,22,23,25). The van der Waals surface area contributed by atoms with Crippen LogP contribution in [0.25, 0.3) is 10.8 Å². The number of rotatable bonds is 7. The maximum atomic E-state index is 12.7. The summed E-state index contributed by atoms with van der Waals surface area (Å²) >= 11 is 1.26. The molecule has 7 heteroatoms. The molecule has 0 atom stereocenters. The molecule has 6 nitrogen and oxygen atoms in total. The lowest BCUT2D eigenvalue weighted by Crippen LogP contribution is -2.42. The molecule has 0 saturated carbocycles. The number of carbonyl (C=O) groups excluding carboxylic acids is 2. The Labute approximate surface area is 167 Å². The van der Waals surface area contributed by atoms with Gasteiger partial charge in [0.25, 0.3) is 5.91 Å². The highest BCUT2D eigenvalue weighted by atomic mass is 32.1. The fourth-order valence-corrected chi connectivity index (χ4v) is 3.36. The van der Waals surface area contributed by atoms with Gasteiger partial charge in [-0.25, -0.2) is 4.98 Å². The van der Waals surface area contributed by atoms with Gasteiger partial charge in [0.05, 0.1) is 18.7 Å². The van der Waals surface area contributed by atoms with Gasteiger partial charge in [0.15, 0.2) is 10.7 Å². The highest BCUT2D eigenvalue weighted by molar-refractivity contribution is 7.13. The zero-order valence-electron chi connectivity index (χ0n) is 16.0. The van der Waals surface area contributed by atoms with E-state index < -0.39 is 5.60 Å². The first kappa shape index (κ1) is 19.8. The van der Waals surface area contributed by atoms with Gasteiger partial charge in [-0.1, -0.05) is 36.4 Å². The minimum absolute atomic E-state index is 0.0795. The second-order valence-electron chi connectivity index (χ2n) is 6.67. The Hall–Kier alpha value is -2.93. The van der Waals surface area contributed by atoms with Crippen molar-refractivity contribution in [2.75, 3.05) is 11.9 Å². The van der Waals surface area contributed by atoms with Crippen molar-refractivity contribution in [1.82, 2.24) is 4.98 Å². The van der Waals surface area contributed by atoms with E-state index in [0.717, 1.165) is 10.8 Å². The Morgan fingerprint density at radius 2 is 1.89 bits per heavy atom. The van der Waals surface area contributed by atoms with Crippen molar-refractivity contribution in [3.63, 3.8) is 0 Å². The van der Waals surface area contributed by atoms with Crippen molar-refractivity contribution in [3.8, 4) is 5.75 Å². The number of esters is 1. The highest BCUT2D eigenvalue weighted by Crippen LogP contribution is 2.29. The lowest BCUT2D eigenvalue weighted by molar-refractivity contribution is -0.142. The molecule has 0 aliphatic carbocycles. The molecule has 3 rings (SSSR count). The summed E-state index contributed by atoms with van der Waals surface area (Å²) in [6.07, 6.45) is 0.0795. The topological polar surface area (TPSA) is 77.5 Å². The molecule has 3 aromatic rings. The summed E-state index contributed by atoms with van der Waals surface area (Å²) in [5, 5.41) is 6.89. The van der Waals surface area contributed by atoms with Crippen LogP contribution in [0.4, 0.5) is 5.13 Å². The number of carbonyl (C=O) groups is 2. The Morgan fingerprint density at radius 3 is 2.68 bits per heavy atom. The fraction of sp³-hybridized carbons (Fsp3) is 0.286. The van der Waals surface area contributed by atoms with E-state index in [0.29, 0.717) is 23.2 Å². The molecule has 1 amide bonds. The molecule has 0 spiro atoms. The summed E-state index contributed by atoms with van der Waals surface area (Å²) < 4.78 is 11.0. The van der Waals surface area contributed by atoms with Crippen molar-refractivity contribution in [2.24, 2.45) is 0 Å². The predicted molar refractivity (Wildman–Crippen MR) is 110 cm³/mol. The molecule has 0 aliphatic rings. The summed E-state index contributed by atoms with van der Waals surface area (Å²) in [6, 6.07) is 13.6. The molecule has 28 heavy (non-hydrogen) atoms. The van der Waals surface area contributed by atoms with E-state index in [1.165, 1.54) is 11.3 Å². The zero-order chi connectivity index (χ0) is 20.1. The molecule has 1 heterocycles. The Bertz CT molecular complexity index is 991. The number of benzene rings is 2. The first-order valence-corrected chi connectivity index (χ1v) is 9.85. The van der Waals surface area contributed by atoms with Crippen LogP contribution in [-0.4, -0.2) is 29.1 Å². The molecule has 0 bridgehead atoms. The van der Waals surface area contributed by atoms with Gasteiger partial charge in [0, 0.05) is 10.8 Å². The van der Waals surface area contributed by atoms with Gasteiger partial charge in [-0.15, -0.1) is 11.3 Å². The Kier molecular flexibility index (Phi) is 5.94. The van der Waals surface area contributed by atoms with Gasteiger partial charge in [0.2, 0.25) is 0 Å². The number of aromatic nitrogens is 1. The molecule has 0 saturated heterocycles. The van der Waals surface area contributed by atoms with Gasteiger partial charge in [-0.2, -0.15) is 0 Å². The number of hydrogen-bond acceptors (Lipinski definition) is 6. The van der Waals surface area contributed by atoms with Crippen LogP contribution in [-0.2, 0) is 20.7 Å². The van der Waals surface area contributed by atoms with Crippen LogP contribution in [0.3, 0.4) is 0 Å². The number of nitrogens with one attached hydrogen (secondary N) is 1. The molecule has 0 radical (unpaired) electrons. The predicted octanol–water partition coefficient (Wildman–Crippen LogP) is 4.20. The van der Waals surface area contributed by atoms with Crippen molar-refractivity contribution in [1.29, 1.82) is 0 Å². The fourth-order valence-electron chi connectivity index (χ4n) is 2.66. The minimum Gasteiger partial charge on any atom is -0.477 e. The molecule has 2 aromatic carbocycles. The average Bonchev–Trinajstić information content (AvgIpc) is 3.08. The minimum atomic E-state index is -1.11. The van der Waals surface area contributed by atoms with Crippen LogP contribution in [0.1, 0.15) is 26.5 Å². The number of thiazole rings is 1. The Morgan fingerprint density at radius 1 is 1.14 bits per heavy atom. The smallest absolute Gasteiger partial charge is 0.311 e. The van der Waals surface area contributed by atoms with Crippen LogP contribution in [0.2, 0.25) is 0 Å². The maximum absolute atomic E-state index is 12.7. The number of fused-ring (bicyclic) bond motifs is 1. The molecular weight excluding hydrogens is 376 g/mol. The first-order valence-electron chi connectivity index (χ1n) is 8.97. The van der Waals surface area contributed by atoms with Gasteiger partial charge < -0.3 is 9.47 Å². The third kappa shape index (κ3) is 4.67. The summed E-state index contributed by atoms with van der Waals surface area (Å²) in [5.41, 5.74) is -0.552. The van der Waals surface area contributed by atoms with E-state index in [4.69, 9.17) is 9.47 Å². The molecule has 0 unspecified atom stereocenters. The van der Waals surface area contributed by atoms with Crippen LogP contribution < -0.4 is 10.1 Å². The van der Waals surface area contributed by atoms with Crippen molar-refractivity contribution >= 4 is 39.1 Å². The van der Waals surface area contributed by atoms with Gasteiger partial charge in [0.1, 0.15) is 5.75 Å². The highest BCUT2D eigenvalue weighted by Gasteiger charge is 2.31. The molecular formula is C21H22N2O4S. The number of nitrogens with zero attached hydrogens (tertiary/aromatic N) is 1. The van der Waals surface area contributed by atoms with Crippen molar-refractivity contribution in [2.45, 2.75) is 32.8 Å². The molecule has 1 aromatic heterocycles. The third-order valence-corrected chi connectivity index (χ3v) is 4.87. The van der Waals surface area contributed by atoms with E-state index in [2.05, 4.69) is 10.3 Å². The molecule has 0 aliphatic heterocycles. The number of hydrogen-bond donors (Lipinski definition) is 1. The maximum Gasteiger partial charge on any atom is 0.311 e. The van der Waals surface area contributed by atoms with E-state index in [1.54, 1.807) is 26.2 Å². The number of anilines is 1. The first-order chi connectivity index (χ1) is 13.4. The average molecular weight is 398 g/mol. The van der Waals surface area contributed by atoms with Crippen LogP contribution in [0.15, 0.2) is 47.8 Å². The van der Waals surface area contributed by atoms with Crippen LogP contribution in [0.5, 0.6) is 5.75 Å². The number of amides is 1. The van der Waals surface area contributed by atoms with E-state index in [9.17, 15) is 9.59 Å². The summed E-state index contributed by atoms with van der Waals surface area (Å²) in [7, 11) is 0. The van der Waals surface area contributed by atoms with Gasteiger partial charge in [-0.05, 0) is 32.2 Å².